The van der Waals surface area contributed by atoms with Crippen LogP contribution in [-0.4, -0.2) is 42.4 Å². The summed E-state index contributed by atoms with van der Waals surface area (Å²) in [6.07, 6.45) is 4.02. The molecule has 1 aromatic heterocycles. The first kappa shape index (κ1) is 17.8. The van der Waals surface area contributed by atoms with Crippen LogP contribution in [0.3, 0.4) is 0 Å². The molecule has 0 aliphatic carbocycles. The summed E-state index contributed by atoms with van der Waals surface area (Å²) < 4.78 is 5.56. The minimum absolute atomic E-state index is 0.0565. The topological polar surface area (TPSA) is 65.8 Å². The van der Waals surface area contributed by atoms with E-state index in [-0.39, 0.29) is 11.8 Å². The number of para-hydroxylation sites is 1. The SMILES string of the molecule is CCNC1CCCN(C(=O)c2occc2CN2C(=O)Cc3ccccc32)C1. The second-order valence-electron chi connectivity index (χ2n) is 7.21. The number of anilines is 1. The number of piperidine rings is 1. The van der Waals surface area contributed by atoms with E-state index in [0.717, 1.165) is 42.7 Å². The molecule has 2 aliphatic heterocycles. The van der Waals surface area contributed by atoms with Gasteiger partial charge in [-0.25, -0.2) is 0 Å². The molecule has 1 fully saturated rings. The number of hydrogen-bond acceptors (Lipinski definition) is 4. The van der Waals surface area contributed by atoms with Gasteiger partial charge in [0.1, 0.15) is 0 Å². The molecule has 6 nitrogen and oxygen atoms in total. The van der Waals surface area contributed by atoms with Crippen molar-refractivity contribution in [2.24, 2.45) is 0 Å². The standard InChI is InChI=1S/C21H25N3O3/c1-2-22-17-7-5-10-23(14-17)21(26)20-16(9-11-27-20)13-24-18-8-4-3-6-15(18)12-19(24)25/h3-4,6,8-9,11,17,22H,2,5,7,10,12-14H2,1H3. The predicted molar refractivity (Wildman–Crippen MR) is 103 cm³/mol. The van der Waals surface area contributed by atoms with Crippen LogP contribution < -0.4 is 10.2 Å². The molecule has 1 aromatic carbocycles. The third-order valence-corrected chi connectivity index (χ3v) is 5.40. The highest BCUT2D eigenvalue weighted by molar-refractivity contribution is 6.01. The molecule has 1 unspecified atom stereocenters. The van der Waals surface area contributed by atoms with Gasteiger partial charge in [0.15, 0.2) is 5.76 Å². The molecule has 0 saturated carbocycles. The Labute approximate surface area is 159 Å². The molecular weight excluding hydrogens is 342 g/mol. The average molecular weight is 367 g/mol. The third-order valence-electron chi connectivity index (χ3n) is 5.40. The van der Waals surface area contributed by atoms with Gasteiger partial charge in [-0.1, -0.05) is 25.1 Å². The fourth-order valence-corrected chi connectivity index (χ4v) is 4.07. The van der Waals surface area contributed by atoms with Gasteiger partial charge in [0.2, 0.25) is 5.91 Å². The Hall–Kier alpha value is -2.60. The summed E-state index contributed by atoms with van der Waals surface area (Å²) in [4.78, 5) is 29.1. The second-order valence-corrected chi connectivity index (χ2v) is 7.21. The molecule has 142 valence electrons. The van der Waals surface area contributed by atoms with Gasteiger partial charge in [-0.05, 0) is 37.1 Å². The number of amides is 2. The van der Waals surface area contributed by atoms with Crippen molar-refractivity contribution in [1.82, 2.24) is 10.2 Å². The molecule has 6 heteroatoms. The van der Waals surface area contributed by atoms with E-state index >= 15 is 0 Å². The monoisotopic (exact) mass is 367 g/mol. The first-order valence-corrected chi connectivity index (χ1v) is 9.64. The van der Waals surface area contributed by atoms with Crippen LogP contribution in [0, 0.1) is 0 Å². The first-order valence-electron chi connectivity index (χ1n) is 9.64. The van der Waals surface area contributed by atoms with Gasteiger partial charge in [-0.2, -0.15) is 0 Å². The van der Waals surface area contributed by atoms with Crippen molar-refractivity contribution in [1.29, 1.82) is 0 Å². The van der Waals surface area contributed by atoms with E-state index < -0.39 is 0 Å². The van der Waals surface area contributed by atoms with Gasteiger partial charge < -0.3 is 19.5 Å². The van der Waals surface area contributed by atoms with Crippen LogP contribution in [0.5, 0.6) is 0 Å². The smallest absolute Gasteiger partial charge is 0.289 e. The van der Waals surface area contributed by atoms with Crippen LogP contribution in [0.4, 0.5) is 5.69 Å². The number of likely N-dealkylation sites (N-methyl/N-ethyl adjacent to an activating group) is 1. The molecule has 0 radical (unpaired) electrons. The Morgan fingerprint density at radius 1 is 1.30 bits per heavy atom. The molecule has 27 heavy (non-hydrogen) atoms. The number of furan rings is 1. The molecule has 1 atom stereocenters. The summed E-state index contributed by atoms with van der Waals surface area (Å²) in [7, 11) is 0. The molecule has 3 heterocycles. The Kier molecular flexibility index (Phi) is 4.99. The van der Waals surface area contributed by atoms with Crippen LogP contribution in [0.15, 0.2) is 41.0 Å². The van der Waals surface area contributed by atoms with Crippen LogP contribution in [0.2, 0.25) is 0 Å². The summed E-state index contributed by atoms with van der Waals surface area (Å²) in [5, 5.41) is 3.43. The molecule has 2 aliphatic rings. The van der Waals surface area contributed by atoms with Crippen molar-refractivity contribution in [2.75, 3.05) is 24.5 Å². The van der Waals surface area contributed by atoms with Gasteiger partial charge >= 0.3 is 0 Å². The third kappa shape index (κ3) is 3.49. The summed E-state index contributed by atoms with van der Waals surface area (Å²) in [5.41, 5.74) is 2.71. The lowest BCUT2D eigenvalue weighted by Gasteiger charge is -2.32. The quantitative estimate of drug-likeness (QED) is 0.882. The number of benzene rings is 1. The van der Waals surface area contributed by atoms with E-state index in [0.29, 0.717) is 31.3 Å². The van der Waals surface area contributed by atoms with E-state index in [1.54, 1.807) is 17.2 Å². The van der Waals surface area contributed by atoms with Crippen molar-refractivity contribution < 1.29 is 14.0 Å². The maximum Gasteiger partial charge on any atom is 0.289 e. The zero-order valence-electron chi connectivity index (χ0n) is 15.6. The zero-order valence-corrected chi connectivity index (χ0v) is 15.6. The van der Waals surface area contributed by atoms with Gasteiger partial charge in [0.05, 0.1) is 19.2 Å². The number of likely N-dealkylation sites (tertiary alicyclic amines) is 1. The van der Waals surface area contributed by atoms with E-state index in [1.165, 1.54) is 0 Å². The molecule has 2 amide bonds. The van der Waals surface area contributed by atoms with Crippen LogP contribution in [0.1, 0.15) is 41.4 Å². The lowest BCUT2D eigenvalue weighted by Crippen LogP contribution is -2.48. The number of fused-ring (bicyclic) bond motifs is 1. The van der Waals surface area contributed by atoms with E-state index in [2.05, 4.69) is 12.2 Å². The van der Waals surface area contributed by atoms with Crippen molar-refractivity contribution in [3.8, 4) is 0 Å². The largest absolute Gasteiger partial charge is 0.459 e. The summed E-state index contributed by atoms with van der Waals surface area (Å²) >= 11 is 0. The molecule has 4 rings (SSSR count). The van der Waals surface area contributed by atoms with Crippen LogP contribution >= 0.6 is 0 Å². The minimum Gasteiger partial charge on any atom is -0.459 e. The van der Waals surface area contributed by atoms with Gasteiger partial charge in [-0.3, -0.25) is 9.59 Å². The number of carbonyl (C=O) groups is 2. The lowest BCUT2D eigenvalue weighted by atomic mass is 10.0. The van der Waals surface area contributed by atoms with Crippen molar-refractivity contribution >= 4 is 17.5 Å². The van der Waals surface area contributed by atoms with Crippen LogP contribution in [0.25, 0.3) is 0 Å². The highest BCUT2D eigenvalue weighted by Crippen LogP contribution is 2.31. The average Bonchev–Trinajstić information content (AvgIpc) is 3.27. The lowest BCUT2D eigenvalue weighted by molar-refractivity contribution is -0.117. The van der Waals surface area contributed by atoms with Crippen molar-refractivity contribution in [3.05, 3.63) is 53.5 Å². The molecule has 2 aromatic rings. The number of hydrogen-bond donors (Lipinski definition) is 1. The Morgan fingerprint density at radius 2 is 2.15 bits per heavy atom. The van der Waals surface area contributed by atoms with Crippen LogP contribution in [-0.2, 0) is 17.8 Å². The second kappa shape index (κ2) is 7.56. The Balaban J connectivity index is 1.52. The summed E-state index contributed by atoms with van der Waals surface area (Å²) in [6.45, 7) is 4.77. The number of nitrogens with zero attached hydrogens (tertiary/aromatic N) is 2. The number of carbonyl (C=O) groups excluding carboxylic acids is 2. The Bertz CT molecular complexity index is 843. The van der Waals surface area contributed by atoms with Gasteiger partial charge in [0.25, 0.3) is 5.91 Å². The maximum atomic E-state index is 13.0. The predicted octanol–water partition coefficient (Wildman–Crippen LogP) is 2.58. The first-order chi connectivity index (χ1) is 13.2. The van der Waals surface area contributed by atoms with Gasteiger partial charge in [-0.15, -0.1) is 0 Å². The normalized spacial score (nSPS) is 19.4. The molecule has 0 bridgehead atoms. The fourth-order valence-electron chi connectivity index (χ4n) is 4.07. The maximum absolute atomic E-state index is 13.0. The number of rotatable bonds is 5. The van der Waals surface area contributed by atoms with Crippen molar-refractivity contribution in [2.45, 2.75) is 38.8 Å². The minimum atomic E-state index is -0.0856. The molecule has 0 spiro atoms. The molecular formula is C21H25N3O3. The highest BCUT2D eigenvalue weighted by Gasteiger charge is 2.31. The van der Waals surface area contributed by atoms with Crippen molar-refractivity contribution in [3.63, 3.8) is 0 Å². The molecule has 1 saturated heterocycles. The van der Waals surface area contributed by atoms with Gasteiger partial charge in [0, 0.05) is 30.4 Å². The zero-order chi connectivity index (χ0) is 18.8. The summed E-state index contributed by atoms with van der Waals surface area (Å²) in [6, 6.07) is 9.93. The highest BCUT2D eigenvalue weighted by atomic mass is 16.3. The number of nitrogens with one attached hydrogen (secondary N) is 1. The molecule has 1 N–H and O–H groups in total. The van der Waals surface area contributed by atoms with E-state index in [4.69, 9.17) is 4.42 Å². The fraction of sp³-hybridized carbons (Fsp3) is 0.429. The van der Waals surface area contributed by atoms with E-state index in [9.17, 15) is 9.59 Å². The van der Waals surface area contributed by atoms with E-state index in [1.807, 2.05) is 29.2 Å². The summed E-state index contributed by atoms with van der Waals surface area (Å²) in [5.74, 6) is 0.322. The Morgan fingerprint density at radius 3 is 3.00 bits per heavy atom.